The van der Waals surface area contributed by atoms with Crippen molar-refractivity contribution in [2.24, 2.45) is 92.7 Å². The number of hydrogen-bond acceptors (Lipinski definition) is 7. The molecule has 350 valence electrons. The molecule has 9 nitrogen and oxygen atoms in total. The van der Waals surface area contributed by atoms with Crippen LogP contribution in [-0.2, 0) is 28.7 Å². The molecule has 9 fully saturated rings. The van der Waals surface area contributed by atoms with Gasteiger partial charge in [-0.25, -0.2) is 0 Å². The first-order valence-corrected chi connectivity index (χ1v) is 25.8. The van der Waals surface area contributed by atoms with Crippen LogP contribution in [0.5, 0.6) is 0 Å². The van der Waals surface area contributed by atoms with Crippen molar-refractivity contribution >= 4 is 23.5 Å². The molecule has 8 saturated carbocycles. The maximum Gasteiger partial charge on any atom is 0.303 e. The second-order valence-corrected chi connectivity index (χ2v) is 24.3. The highest BCUT2D eigenvalue weighted by Gasteiger charge is 2.65. The number of carboxylic acids is 2. The van der Waals surface area contributed by atoms with Crippen LogP contribution in [0.3, 0.4) is 0 Å². The van der Waals surface area contributed by atoms with Crippen LogP contribution in [0.15, 0.2) is 0 Å². The molecule has 19 atom stereocenters. The van der Waals surface area contributed by atoms with Gasteiger partial charge in [-0.05, 0) is 203 Å². The van der Waals surface area contributed by atoms with Crippen LogP contribution >= 0.6 is 0 Å². The van der Waals surface area contributed by atoms with E-state index in [9.17, 15) is 29.4 Å². The Morgan fingerprint density at radius 3 is 1.58 bits per heavy atom. The van der Waals surface area contributed by atoms with Gasteiger partial charge in [-0.1, -0.05) is 41.5 Å². The number of aliphatic carboxylic acids is 2. The average molecular weight is 865 g/mol. The summed E-state index contributed by atoms with van der Waals surface area (Å²) in [5.41, 5.74) is 0.842. The lowest BCUT2D eigenvalue weighted by Gasteiger charge is -2.60. The lowest BCUT2D eigenvalue weighted by atomic mass is 9.44. The SMILES string of the molecule is C[C@H](CCC(=O)O)[C@H]1CCC2[C@@H]3C(=O)C[C@@H]4C[C@H](O)CC[C@]4(C)C3CC[C@@]21C.C[C@H](CCC(=O)O)[C@H]1CCC2[C@@H]3C(=O)C[C@@H]4C[C@H](OC5CCCCO5)CC[C@]4(C)C3CC[C@@]21C. The van der Waals surface area contributed by atoms with Crippen LogP contribution in [0.1, 0.15) is 189 Å². The Morgan fingerprint density at radius 1 is 0.629 bits per heavy atom. The van der Waals surface area contributed by atoms with Gasteiger partial charge in [0.25, 0.3) is 0 Å². The highest BCUT2D eigenvalue weighted by molar-refractivity contribution is 5.84. The number of carbonyl (C=O) groups excluding carboxylic acids is 2. The predicted octanol–water partition coefficient (Wildman–Crippen LogP) is 10.9. The van der Waals surface area contributed by atoms with Gasteiger partial charge in [-0.2, -0.15) is 0 Å². The number of aliphatic hydroxyl groups excluding tert-OH is 1. The summed E-state index contributed by atoms with van der Waals surface area (Å²) in [6, 6.07) is 0. The van der Waals surface area contributed by atoms with Crippen molar-refractivity contribution in [3.05, 3.63) is 0 Å². The molecule has 0 aromatic heterocycles. The number of Topliss-reactive ketones (excluding diaryl/α,β-unsaturated/α-hetero) is 2. The van der Waals surface area contributed by atoms with Gasteiger partial charge in [0.2, 0.25) is 0 Å². The number of fused-ring (bicyclic) bond motifs is 10. The summed E-state index contributed by atoms with van der Waals surface area (Å²) in [7, 11) is 0. The summed E-state index contributed by atoms with van der Waals surface area (Å²) < 4.78 is 12.2. The number of carbonyl (C=O) groups is 4. The molecule has 9 aliphatic rings. The van der Waals surface area contributed by atoms with Gasteiger partial charge in [-0.3, -0.25) is 19.2 Å². The lowest BCUT2D eigenvalue weighted by Crippen LogP contribution is -2.57. The molecule has 0 radical (unpaired) electrons. The van der Waals surface area contributed by atoms with Crippen molar-refractivity contribution in [1.29, 1.82) is 0 Å². The largest absolute Gasteiger partial charge is 0.481 e. The van der Waals surface area contributed by atoms with E-state index in [4.69, 9.17) is 14.6 Å². The third-order valence-corrected chi connectivity index (χ3v) is 21.5. The highest BCUT2D eigenvalue weighted by atomic mass is 16.7. The molecule has 0 spiro atoms. The van der Waals surface area contributed by atoms with Gasteiger partial charge in [0.15, 0.2) is 6.29 Å². The Kier molecular flexibility index (Phi) is 13.6. The number of ether oxygens (including phenoxy) is 2. The Balaban J connectivity index is 0.000000174. The normalized spacial score (nSPS) is 48.1. The van der Waals surface area contributed by atoms with Crippen LogP contribution < -0.4 is 0 Å². The van der Waals surface area contributed by atoms with Gasteiger partial charge in [0, 0.05) is 44.1 Å². The molecular formula is C53H84O9. The molecule has 3 N–H and O–H groups in total. The number of aliphatic hydroxyl groups is 1. The van der Waals surface area contributed by atoms with Crippen LogP contribution in [0.25, 0.3) is 0 Å². The van der Waals surface area contributed by atoms with Crippen LogP contribution in [0, 0.1) is 92.7 Å². The molecule has 1 aliphatic heterocycles. The zero-order valence-corrected chi connectivity index (χ0v) is 39.4. The van der Waals surface area contributed by atoms with E-state index in [1.165, 1.54) is 25.7 Å². The minimum absolute atomic E-state index is 0.0379. The van der Waals surface area contributed by atoms with Crippen molar-refractivity contribution in [3.63, 3.8) is 0 Å². The van der Waals surface area contributed by atoms with Crippen LogP contribution in [0.2, 0.25) is 0 Å². The summed E-state index contributed by atoms with van der Waals surface area (Å²) in [6.07, 6.45) is 22.1. The summed E-state index contributed by atoms with van der Waals surface area (Å²) in [5.74, 6) is 4.71. The number of hydrogen-bond donors (Lipinski definition) is 3. The third kappa shape index (κ3) is 8.43. The molecule has 0 bridgehead atoms. The predicted molar refractivity (Wildman–Crippen MR) is 238 cm³/mol. The molecule has 0 aromatic rings. The summed E-state index contributed by atoms with van der Waals surface area (Å²) in [4.78, 5) is 49.3. The van der Waals surface area contributed by atoms with Gasteiger partial charge >= 0.3 is 11.9 Å². The summed E-state index contributed by atoms with van der Waals surface area (Å²) in [5, 5.41) is 28.4. The minimum Gasteiger partial charge on any atom is -0.481 e. The molecule has 0 amide bonds. The maximum absolute atomic E-state index is 13.8. The fraction of sp³-hybridized carbons (Fsp3) is 0.925. The monoisotopic (exact) mass is 865 g/mol. The van der Waals surface area contributed by atoms with Crippen molar-refractivity contribution in [2.75, 3.05) is 6.61 Å². The summed E-state index contributed by atoms with van der Waals surface area (Å²) in [6.45, 7) is 15.1. The quantitative estimate of drug-likeness (QED) is 0.183. The first-order valence-electron chi connectivity index (χ1n) is 25.8. The molecule has 62 heavy (non-hydrogen) atoms. The molecule has 1 saturated heterocycles. The van der Waals surface area contributed by atoms with E-state index in [1.807, 2.05) is 0 Å². The first kappa shape index (κ1) is 46.7. The van der Waals surface area contributed by atoms with E-state index in [-0.39, 0.29) is 64.8 Å². The topological polar surface area (TPSA) is 147 Å². The Hall–Kier alpha value is -1.84. The van der Waals surface area contributed by atoms with Crippen molar-refractivity contribution in [2.45, 2.75) is 208 Å². The third-order valence-electron chi connectivity index (χ3n) is 21.5. The van der Waals surface area contributed by atoms with Crippen molar-refractivity contribution < 1.29 is 44.0 Å². The Bertz CT molecular complexity index is 1660. The molecule has 9 rings (SSSR count). The smallest absolute Gasteiger partial charge is 0.303 e. The molecular weight excluding hydrogens is 781 g/mol. The highest BCUT2D eigenvalue weighted by Crippen LogP contribution is 2.69. The Morgan fingerprint density at radius 2 is 1.10 bits per heavy atom. The van der Waals surface area contributed by atoms with E-state index in [0.717, 1.165) is 109 Å². The van der Waals surface area contributed by atoms with E-state index < -0.39 is 11.9 Å². The van der Waals surface area contributed by atoms with Gasteiger partial charge < -0.3 is 24.8 Å². The second kappa shape index (κ2) is 18.1. The van der Waals surface area contributed by atoms with Crippen LogP contribution in [0.4, 0.5) is 0 Å². The van der Waals surface area contributed by atoms with Gasteiger partial charge in [0.1, 0.15) is 11.6 Å². The van der Waals surface area contributed by atoms with Crippen molar-refractivity contribution in [3.8, 4) is 0 Å². The molecule has 5 unspecified atom stereocenters. The van der Waals surface area contributed by atoms with E-state index in [2.05, 4.69) is 41.5 Å². The number of carboxylic acid groups (broad SMARTS) is 2. The first-order chi connectivity index (χ1) is 29.4. The fourth-order valence-electron chi connectivity index (χ4n) is 18.0. The Labute approximate surface area is 373 Å². The van der Waals surface area contributed by atoms with Gasteiger partial charge in [-0.15, -0.1) is 0 Å². The minimum atomic E-state index is -0.698. The van der Waals surface area contributed by atoms with E-state index in [0.29, 0.717) is 77.2 Å². The van der Waals surface area contributed by atoms with E-state index in [1.54, 1.807) is 0 Å². The van der Waals surface area contributed by atoms with Crippen molar-refractivity contribution in [1.82, 2.24) is 0 Å². The standard InChI is InChI=1S/C29H46O5.C24H38O4/c1-18(7-10-25(31)32)21-8-9-22-27-23(12-14-29(21,22)3)28(2)13-11-20(16-19(28)17-24(27)30)34-26-6-4-5-15-33-26;1-14(4-7-21(27)28)17-5-6-18-22-19(9-11-24(17,18)3)23(2)10-8-16(25)12-15(23)13-20(22)26/h18-23,26-27H,4-17H2,1-3H3,(H,31,32);14-19,22,25H,4-13H2,1-3H3,(H,27,28)/t18-,19+,20-,21-,22?,23?,26?,27+,28+,29-;14-,15+,16-,17-,18?,19?,22+,23+,24-/m11/s1. The van der Waals surface area contributed by atoms with Gasteiger partial charge in [0.05, 0.1) is 12.2 Å². The molecule has 1 heterocycles. The zero-order valence-electron chi connectivity index (χ0n) is 39.4. The zero-order chi connectivity index (χ0) is 44.4. The van der Waals surface area contributed by atoms with Crippen LogP contribution in [-0.4, -0.2) is 63.9 Å². The second-order valence-electron chi connectivity index (χ2n) is 24.3. The summed E-state index contributed by atoms with van der Waals surface area (Å²) >= 11 is 0. The van der Waals surface area contributed by atoms with E-state index >= 15 is 0 Å². The molecule has 9 heteroatoms. The number of rotatable bonds is 10. The average Bonchev–Trinajstić information content (AvgIpc) is 3.77. The number of ketones is 2. The lowest BCUT2D eigenvalue weighted by molar-refractivity contribution is -0.211. The fourth-order valence-corrected chi connectivity index (χ4v) is 18.0. The molecule has 8 aliphatic carbocycles. The maximum atomic E-state index is 13.8. The molecule has 0 aromatic carbocycles.